The molecule has 0 fully saturated rings. The zero-order chi connectivity index (χ0) is 23.7. The molecule has 0 radical (unpaired) electrons. The minimum Gasteiger partial charge on any atom is -0.348 e. The molecule has 4 rings (SSSR count). The van der Waals surface area contributed by atoms with Crippen LogP contribution in [0.25, 0.3) is 10.9 Å². The number of amides is 1. The Hall–Kier alpha value is -4.25. The molecule has 1 aliphatic rings. The number of benzene rings is 2. The molecule has 0 spiro atoms. The van der Waals surface area contributed by atoms with Gasteiger partial charge in [-0.05, 0) is 47.5 Å². The van der Waals surface area contributed by atoms with Gasteiger partial charge in [0.05, 0.1) is 17.4 Å². The van der Waals surface area contributed by atoms with Gasteiger partial charge in [0.15, 0.2) is 11.6 Å². The van der Waals surface area contributed by atoms with Gasteiger partial charge in [0, 0.05) is 31.6 Å². The molecule has 0 bridgehead atoms. The number of hydrogen-bond acceptors (Lipinski definition) is 6. The predicted octanol–water partition coefficient (Wildman–Crippen LogP) is 0.848. The molecule has 1 aromatic heterocycles. The van der Waals surface area contributed by atoms with E-state index in [1.165, 1.54) is 41.0 Å². The molecule has 1 amide bonds. The van der Waals surface area contributed by atoms with Crippen molar-refractivity contribution in [3.05, 3.63) is 104 Å². The van der Waals surface area contributed by atoms with Crippen LogP contribution in [0.3, 0.4) is 0 Å². The Labute approximate surface area is 186 Å². The summed E-state index contributed by atoms with van der Waals surface area (Å²) in [6.07, 6.45) is 4.95. The lowest BCUT2D eigenvalue weighted by atomic mass is 10.1. The molecule has 0 unspecified atom stereocenters. The van der Waals surface area contributed by atoms with Crippen molar-refractivity contribution in [2.45, 2.75) is 6.54 Å². The molecule has 0 saturated heterocycles. The SMILES string of the molecule is Cn1c(=O)n(Cc2ccc(F)c(F)c2)c(=O)c2cc(C(=O)NCC3=CNN(N)C=C3)ccc21. The van der Waals surface area contributed by atoms with Crippen molar-refractivity contribution < 1.29 is 13.6 Å². The number of rotatable bonds is 5. The number of nitrogens with zero attached hydrogens (tertiary/aromatic N) is 3. The second kappa shape index (κ2) is 8.71. The lowest BCUT2D eigenvalue weighted by Crippen LogP contribution is -2.39. The fraction of sp³-hybridized carbons (Fsp3) is 0.136. The molecule has 4 N–H and O–H groups in total. The number of hydrazine groups is 2. The molecular formula is C22H20F2N6O3. The van der Waals surface area contributed by atoms with Crippen LogP contribution < -0.4 is 27.8 Å². The first kappa shape index (κ1) is 22.0. The zero-order valence-corrected chi connectivity index (χ0v) is 17.5. The highest BCUT2D eigenvalue weighted by atomic mass is 19.2. The first-order valence-electron chi connectivity index (χ1n) is 9.87. The second-order valence-electron chi connectivity index (χ2n) is 7.47. The molecule has 0 aliphatic carbocycles. The molecule has 0 atom stereocenters. The summed E-state index contributed by atoms with van der Waals surface area (Å²) in [5, 5.41) is 4.14. The topological polar surface area (TPSA) is 114 Å². The van der Waals surface area contributed by atoms with Crippen molar-refractivity contribution in [1.82, 2.24) is 25.0 Å². The van der Waals surface area contributed by atoms with Gasteiger partial charge in [-0.3, -0.25) is 24.1 Å². The van der Waals surface area contributed by atoms with Gasteiger partial charge < -0.3 is 5.32 Å². The maximum Gasteiger partial charge on any atom is 0.331 e. The third-order valence-corrected chi connectivity index (χ3v) is 5.24. The first-order valence-corrected chi connectivity index (χ1v) is 9.87. The number of carbonyl (C=O) groups is 1. The summed E-state index contributed by atoms with van der Waals surface area (Å²) in [5.41, 5.74) is 3.10. The van der Waals surface area contributed by atoms with E-state index in [-0.39, 0.29) is 29.6 Å². The number of aryl methyl sites for hydroxylation is 1. The fourth-order valence-electron chi connectivity index (χ4n) is 3.44. The van der Waals surface area contributed by atoms with Gasteiger partial charge in [0.2, 0.25) is 0 Å². The molecule has 33 heavy (non-hydrogen) atoms. The molecule has 11 heteroatoms. The highest BCUT2D eigenvalue weighted by Gasteiger charge is 2.15. The zero-order valence-electron chi connectivity index (χ0n) is 17.5. The van der Waals surface area contributed by atoms with Crippen molar-refractivity contribution in [2.24, 2.45) is 12.9 Å². The molecule has 3 aromatic rings. The van der Waals surface area contributed by atoms with E-state index < -0.39 is 28.8 Å². The fourth-order valence-corrected chi connectivity index (χ4v) is 3.44. The number of nitrogens with two attached hydrogens (primary N) is 1. The second-order valence-corrected chi connectivity index (χ2v) is 7.47. The van der Waals surface area contributed by atoms with E-state index in [1.807, 2.05) is 0 Å². The van der Waals surface area contributed by atoms with Crippen LogP contribution in [0.2, 0.25) is 0 Å². The van der Waals surface area contributed by atoms with Crippen LogP contribution in [0, 0.1) is 11.6 Å². The van der Waals surface area contributed by atoms with E-state index in [4.69, 9.17) is 5.84 Å². The maximum absolute atomic E-state index is 13.6. The summed E-state index contributed by atoms with van der Waals surface area (Å²) in [7, 11) is 1.49. The van der Waals surface area contributed by atoms with E-state index in [9.17, 15) is 23.2 Å². The van der Waals surface area contributed by atoms with Crippen LogP contribution in [-0.2, 0) is 13.6 Å². The number of halogens is 2. The van der Waals surface area contributed by atoms with E-state index >= 15 is 0 Å². The Morgan fingerprint density at radius 1 is 1.12 bits per heavy atom. The number of nitrogens with one attached hydrogen (secondary N) is 2. The lowest BCUT2D eigenvalue weighted by Gasteiger charge is -2.18. The third-order valence-electron chi connectivity index (χ3n) is 5.24. The smallest absolute Gasteiger partial charge is 0.331 e. The number of aromatic nitrogens is 2. The summed E-state index contributed by atoms with van der Waals surface area (Å²) in [6.45, 7) is -0.0252. The van der Waals surface area contributed by atoms with E-state index in [1.54, 1.807) is 18.5 Å². The van der Waals surface area contributed by atoms with Crippen molar-refractivity contribution in [3.63, 3.8) is 0 Å². The van der Waals surface area contributed by atoms with Crippen molar-refractivity contribution >= 4 is 16.8 Å². The van der Waals surface area contributed by atoms with Crippen LogP contribution in [-0.4, -0.2) is 26.7 Å². The van der Waals surface area contributed by atoms with Crippen molar-refractivity contribution in [1.29, 1.82) is 0 Å². The Morgan fingerprint density at radius 2 is 1.91 bits per heavy atom. The van der Waals surface area contributed by atoms with Crippen LogP contribution in [0.15, 0.2) is 70.0 Å². The van der Waals surface area contributed by atoms with Crippen molar-refractivity contribution in [3.8, 4) is 0 Å². The number of hydrogen-bond donors (Lipinski definition) is 3. The average molecular weight is 454 g/mol. The normalized spacial score (nSPS) is 13.1. The van der Waals surface area contributed by atoms with Crippen LogP contribution in [0.1, 0.15) is 15.9 Å². The number of carbonyl (C=O) groups excluding carboxylic acids is 1. The van der Waals surface area contributed by atoms with Gasteiger partial charge in [0.1, 0.15) is 0 Å². The number of fused-ring (bicyclic) bond motifs is 1. The Balaban J connectivity index is 1.65. The van der Waals surface area contributed by atoms with E-state index in [2.05, 4.69) is 10.7 Å². The summed E-state index contributed by atoms with van der Waals surface area (Å²) < 4.78 is 29.0. The standard InChI is InChI=1S/C22H20F2N6O3/c1-28-19-5-3-15(20(31)26-10-14-6-7-30(25)27-11-14)9-16(19)21(32)29(22(28)33)12-13-2-4-17(23)18(24)8-13/h2-9,11,27H,10,12,25H2,1H3,(H,26,31). The first-order chi connectivity index (χ1) is 15.7. The Kier molecular flexibility index (Phi) is 5.80. The largest absolute Gasteiger partial charge is 0.348 e. The molecular weight excluding hydrogens is 434 g/mol. The monoisotopic (exact) mass is 454 g/mol. The summed E-state index contributed by atoms with van der Waals surface area (Å²) in [5.74, 6) is 3.01. The molecule has 9 nitrogen and oxygen atoms in total. The van der Waals surface area contributed by atoms with Gasteiger partial charge in [-0.2, -0.15) is 0 Å². The van der Waals surface area contributed by atoms with Crippen molar-refractivity contribution in [2.75, 3.05) is 6.54 Å². The summed E-state index contributed by atoms with van der Waals surface area (Å²) in [4.78, 5) is 38.4. The molecule has 170 valence electrons. The Bertz CT molecular complexity index is 1440. The minimum atomic E-state index is -1.07. The van der Waals surface area contributed by atoms with Gasteiger partial charge in [-0.25, -0.2) is 24.5 Å². The van der Waals surface area contributed by atoms with Gasteiger partial charge in [0.25, 0.3) is 11.5 Å². The highest BCUT2D eigenvalue weighted by Crippen LogP contribution is 2.13. The minimum absolute atomic E-state index is 0.143. The molecule has 2 aromatic carbocycles. The lowest BCUT2D eigenvalue weighted by molar-refractivity contribution is 0.0957. The third kappa shape index (κ3) is 4.39. The predicted molar refractivity (Wildman–Crippen MR) is 118 cm³/mol. The molecule has 0 saturated carbocycles. The van der Waals surface area contributed by atoms with Crippen LogP contribution in [0.4, 0.5) is 8.78 Å². The van der Waals surface area contributed by atoms with Crippen LogP contribution in [0.5, 0.6) is 0 Å². The average Bonchev–Trinajstić information content (AvgIpc) is 2.81. The summed E-state index contributed by atoms with van der Waals surface area (Å²) in [6, 6.07) is 7.60. The van der Waals surface area contributed by atoms with Gasteiger partial charge >= 0.3 is 5.69 Å². The van der Waals surface area contributed by atoms with E-state index in [0.717, 1.165) is 22.3 Å². The summed E-state index contributed by atoms with van der Waals surface area (Å²) >= 11 is 0. The van der Waals surface area contributed by atoms with Crippen LogP contribution >= 0.6 is 0 Å². The van der Waals surface area contributed by atoms with Gasteiger partial charge in [-0.15, -0.1) is 0 Å². The molecule has 1 aliphatic heterocycles. The maximum atomic E-state index is 13.6. The Morgan fingerprint density at radius 3 is 2.61 bits per heavy atom. The quantitative estimate of drug-likeness (QED) is 0.493. The highest BCUT2D eigenvalue weighted by molar-refractivity contribution is 5.98. The van der Waals surface area contributed by atoms with Gasteiger partial charge in [-0.1, -0.05) is 6.07 Å². The molecule has 2 heterocycles. The van der Waals surface area contributed by atoms with E-state index in [0.29, 0.717) is 5.52 Å².